The molecule has 0 spiro atoms. The Morgan fingerprint density at radius 2 is 2.50 bits per heavy atom. The summed E-state index contributed by atoms with van der Waals surface area (Å²) in [5.41, 5.74) is 0. The predicted octanol–water partition coefficient (Wildman–Crippen LogP) is 0.699. The molecule has 2 atom stereocenters. The Hall–Kier alpha value is -0.790. The van der Waals surface area contributed by atoms with Gasteiger partial charge in [-0.2, -0.15) is 0 Å². The largest absolute Gasteiger partial charge is 0.355 e. The SMILES string of the molecule is O=C1NC[C@H]2C=CCC[C@H]12. The molecule has 1 amide bonds. The molecule has 2 aliphatic rings. The molecular formula is C8H11NO. The van der Waals surface area contributed by atoms with E-state index in [-0.39, 0.29) is 5.91 Å². The Labute approximate surface area is 60.3 Å². The van der Waals surface area contributed by atoms with Crippen LogP contribution in [-0.4, -0.2) is 12.5 Å². The van der Waals surface area contributed by atoms with Crippen molar-refractivity contribution in [1.29, 1.82) is 0 Å². The Morgan fingerprint density at radius 1 is 1.60 bits per heavy atom. The van der Waals surface area contributed by atoms with Gasteiger partial charge in [0.1, 0.15) is 0 Å². The molecule has 1 aliphatic heterocycles. The second-order valence-electron chi connectivity index (χ2n) is 3.02. The number of rotatable bonds is 0. The van der Waals surface area contributed by atoms with Gasteiger partial charge in [-0.05, 0) is 12.8 Å². The first-order valence-corrected chi connectivity index (χ1v) is 3.82. The number of allylic oxidation sites excluding steroid dienone is 1. The van der Waals surface area contributed by atoms with E-state index in [1.807, 2.05) is 0 Å². The molecule has 2 rings (SSSR count). The zero-order valence-electron chi connectivity index (χ0n) is 5.84. The summed E-state index contributed by atoms with van der Waals surface area (Å²) in [4.78, 5) is 11.1. The highest BCUT2D eigenvalue weighted by atomic mass is 16.2. The summed E-state index contributed by atoms with van der Waals surface area (Å²) in [6.07, 6.45) is 6.48. The van der Waals surface area contributed by atoms with E-state index in [0.29, 0.717) is 11.8 Å². The van der Waals surface area contributed by atoms with Gasteiger partial charge in [-0.15, -0.1) is 0 Å². The smallest absolute Gasteiger partial charge is 0.223 e. The minimum absolute atomic E-state index is 0.259. The number of carbonyl (C=O) groups is 1. The van der Waals surface area contributed by atoms with Gasteiger partial charge in [0, 0.05) is 18.4 Å². The van der Waals surface area contributed by atoms with Crippen LogP contribution in [0, 0.1) is 11.8 Å². The zero-order chi connectivity index (χ0) is 6.97. The van der Waals surface area contributed by atoms with E-state index in [4.69, 9.17) is 0 Å². The van der Waals surface area contributed by atoms with Crippen molar-refractivity contribution in [2.24, 2.45) is 11.8 Å². The standard InChI is InChI=1S/C8H11NO/c10-8-7-4-2-1-3-6(7)5-9-8/h1,3,6-7H,2,4-5H2,(H,9,10)/t6-,7+/m1/s1. The molecule has 0 bridgehead atoms. The van der Waals surface area contributed by atoms with Gasteiger partial charge in [-0.25, -0.2) is 0 Å². The summed E-state index contributed by atoms with van der Waals surface area (Å²) in [6, 6.07) is 0. The van der Waals surface area contributed by atoms with E-state index in [1.165, 1.54) is 0 Å². The molecule has 0 aromatic heterocycles. The molecule has 0 saturated carbocycles. The zero-order valence-corrected chi connectivity index (χ0v) is 5.84. The van der Waals surface area contributed by atoms with E-state index in [1.54, 1.807) is 0 Å². The van der Waals surface area contributed by atoms with Crippen LogP contribution in [0.2, 0.25) is 0 Å². The van der Waals surface area contributed by atoms with Crippen molar-refractivity contribution in [1.82, 2.24) is 5.32 Å². The van der Waals surface area contributed by atoms with Crippen LogP contribution in [0.4, 0.5) is 0 Å². The second kappa shape index (κ2) is 2.11. The van der Waals surface area contributed by atoms with Crippen molar-refractivity contribution in [3.8, 4) is 0 Å². The molecule has 2 heteroatoms. The van der Waals surface area contributed by atoms with E-state index < -0.39 is 0 Å². The topological polar surface area (TPSA) is 29.1 Å². The number of nitrogens with one attached hydrogen (secondary N) is 1. The highest BCUT2D eigenvalue weighted by Gasteiger charge is 2.33. The molecule has 10 heavy (non-hydrogen) atoms. The van der Waals surface area contributed by atoms with Gasteiger partial charge in [-0.1, -0.05) is 12.2 Å². The van der Waals surface area contributed by atoms with Crippen LogP contribution in [0.25, 0.3) is 0 Å². The van der Waals surface area contributed by atoms with Crippen molar-refractivity contribution in [2.45, 2.75) is 12.8 Å². The quantitative estimate of drug-likeness (QED) is 0.489. The minimum Gasteiger partial charge on any atom is -0.355 e. The van der Waals surface area contributed by atoms with Crippen molar-refractivity contribution in [3.63, 3.8) is 0 Å². The fourth-order valence-electron chi connectivity index (χ4n) is 1.78. The van der Waals surface area contributed by atoms with Crippen LogP contribution in [-0.2, 0) is 4.79 Å². The Morgan fingerprint density at radius 3 is 3.30 bits per heavy atom. The molecule has 1 heterocycles. The summed E-state index contributed by atoms with van der Waals surface area (Å²) in [5.74, 6) is 1.06. The lowest BCUT2D eigenvalue weighted by Crippen LogP contribution is -2.20. The van der Waals surface area contributed by atoms with Crippen LogP contribution in [0.15, 0.2) is 12.2 Å². The number of hydrogen-bond donors (Lipinski definition) is 1. The van der Waals surface area contributed by atoms with E-state index in [9.17, 15) is 4.79 Å². The third-order valence-corrected chi connectivity index (χ3v) is 2.39. The number of amides is 1. The molecule has 0 radical (unpaired) electrons. The average Bonchev–Trinajstić information content (AvgIpc) is 2.34. The lowest BCUT2D eigenvalue weighted by molar-refractivity contribution is -0.122. The monoisotopic (exact) mass is 137 g/mol. The number of carbonyl (C=O) groups excluding carboxylic acids is 1. The van der Waals surface area contributed by atoms with Gasteiger partial charge in [0.2, 0.25) is 5.91 Å². The van der Waals surface area contributed by atoms with Gasteiger partial charge in [0.25, 0.3) is 0 Å². The summed E-state index contributed by atoms with van der Waals surface area (Å²) in [6.45, 7) is 0.861. The van der Waals surface area contributed by atoms with Crippen molar-refractivity contribution >= 4 is 5.91 Å². The number of hydrogen-bond acceptors (Lipinski definition) is 1. The van der Waals surface area contributed by atoms with Crippen LogP contribution < -0.4 is 5.32 Å². The average molecular weight is 137 g/mol. The predicted molar refractivity (Wildman–Crippen MR) is 38.4 cm³/mol. The second-order valence-corrected chi connectivity index (χ2v) is 3.02. The summed E-state index contributed by atoms with van der Waals surface area (Å²) in [7, 11) is 0. The molecule has 54 valence electrons. The highest BCUT2D eigenvalue weighted by Crippen LogP contribution is 2.27. The fraction of sp³-hybridized carbons (Fsp3) is 0.625. The van der Waals surface area contributed by atoms with E-state index >= 15 is 0 Å². The molecule has 0 aromatic carbocycles. The Bertz CT molecular complexity index is 186. The van der Waals surface area contributed by atoms with Gasteiger partial charge in [-0.3, -0.25) is 4.79 Å². The maximum atomic E-state index is 11.1. The maximum absolute atomic E-state index is 11.1. The van der Waals surface area contributed by atoms with Crippen LogP contribution in [0.1, 0.15) is 12.8 Å². The first-order valence-electron chi connectivity index (χ1n) is 3.82. The lowest BCUT2D eigenvalue weighted by atomic mass is 9.87. The molecular weight excluding hydrogens is 126 g/mol. The minimum atomic E-state index is 0.259. The summed E-state index contributed by atoms with van der Waals surface area (Å²) in [5, 5.41) is 2.87. The highest BCUT2D eigenvalue weighted by molar-refractivity contribution is 5.81. The van der Waals surface area contributed by atoms with Crippen LogP contribution in [0.3, 0.4) is 0 Å². The molecule has 1 saturated heterocycles. The third-order valence-electron chi connectivity index (χ3n) is 2.39. The van der Waals surface area contributed by atoms with Gasteiger partial charge in [0.15, 0.2) is 0 Å². The van der Waals surface area contributed by atoms with Crippen LogP contribution >= 0.6 is 0 Å². The van der Waals surface area contributed by atoms with E-state index in [2.05, 4.69) is 17.5 Å². The first kappa shape index (κ1) is 5.96. The summed E-state index contributed by atoms with van der Waals surface area (Å²) >= 11 is 0. The summed E-state index contributed by atoms with van der Waals surface area (Å²) < 4.78 is 0. The maximum Gasteiger partial charge on any atom is 0.223 e. The molecule has 1 aliphatic carbocycles. The fourth-order valence-corrected chi connectivity index (χ4v) is 1.78. The normalized spacial score (nSPS) is 37.4. The van der Waals surface area contributed by atoms with Crippen LogP contribution in [0.5, 0.6) is 0 Å². The van der Waals surface area contributed by atoms with Gasteiger partial charge < -0.3 is 5.32 Å². The third kappa shape index (κ3) is 0.753. The van der Waals surface area contributed by atoms with Crippen molar-refractivity contribution in [3.05, 3.63) is 12.2 Å². The Kier molecular flexibility index (Phi) is 1.26. The number of fused-ring (bicyclic) bond motifs is 1. The molecule has 0 aromatic rings. The van der Waals surface area contributed by atoms with Crippen molar-refractivity contribution in [2.75, 3.05) is 6.54 Å². The molecule has 2 nitrogen and oxygen atoms in total. The molecule has 1 N–H and O–H groups in total. The molecule has 0 unspecified atom stereocenters. The Balaban J connectivity index is 2.19. The van der Waals surface area contributed by atoms with Gasteiger partial charge in [0.05, 0.1) is 0 Å². The van der Waals surface area contributed by atoms with E-state index in [0.717, 1.165) is 19.4 Å². The first-order chi connectivity index (χ1) is 4.88. The lowest BCUT2D eigenvalue weighted by Gasteiger charge is -2.15. The molecule has 1 fully saturated rings. The van der Waals surface area contributed by atoms with Crippen molar-refractivity contribution < 1.29 is 4.79 Å². The van der Waals surface area contributed by atoms with Gasteiger partial charge >= 0.3 is 0 Å².